The van der Waals surface area contributed by atoms with Crippen LogP contribution in [-0.2, 0) is 0 Å². The zero-order valence-corrected chi connectivity index (χ0v) is 22.3. The van der Waals surface area contributed by atoms with Gasteiger partial charge < -0.3 is 9.80 Å². The van der Waals surface area contributed by atoms with E-state index in [1.807, 2.05) is 0 Å². The quantitative estimate of drug-likeness (QED) is 0.213. The van der Waals surface area contributed by atoms with E-state index in [0.717, 1.165) is 30.9 Å². The summed E-state index contributed by atoms with van der Waals surface area (Å²) in [5.74, 6) is 2.38. The van der Waals surface area contributed by atoms with Gasteiger partial charge in [0.1, 0.15) is 0 Å². The van der Waals surface area contributed by atoms with Crippen molar-refractivity contribution in [3.05, 3.63) is 0 Å². The molecule has 0 aliphatic heterocycles. The second kappa shape index (κ2) is 16.0. The molecule has 1 N–H and O–H groups in total. The highest BCUT2D eigenvalue weighted by Gasteiger charge is 2.33. The molecular formula is C29H57N3. The largest absolute Gasteiger partial charge is 0.342 e. The minimum atomic E-state index is 0.619. The standard InChI is InChI=1S/C29H57N3/c1-5-9-17-25(7-3)23-31(24-26(8-4)18-10-6-2)29(30)32(27-19-13-11-14-20-27)28-21-15-12-16-22-28/h25-28,30H,5-24H2,1-4H3. The Bertz CT molecular complexity index is 443. The third-order valence-corrected chi connectivity index (χ3v) is 8.52. The van der Waals surface area contributed by atoms with E-state index in [1.165, 1.54) is 116 Å². The molecule has 32 heavy (non-hydrogen) atoms. The van der Waals surface area contributed by atoms with Crippen molar-refractivity contribution in [3.63, 3.8) is 0 Å². The van der Waals surface area contributed by atoms with E-state index in [4.69, 9.17) is 0 Å². The molecular weight excluding hydrogens is 390 g/mol. The molecule has 2 saturated carbocycles. The molecule has 0 saturated heterocycles. The fraction of sp³-hybridized carbons (Fsp3) is 0.966. The molecule has 0 radical (unpaired) electrons. The van der Waals surface area contributed by atoms with E-state index < -0.39 is 0 Å². The fourth-order valence-electron chi connectivity index (χ4n) is 6.23. The topological polar surface area (TPSA) is 30.3 Å². The Morgan fingerprint density at radius 3 is 1.44 bits per heavy atom. The first-order chi connectivity index (χ1) is 15.6. The maximum absolute atomic E-state index is 9.62. The van der Waals surface area contributed by atoms with Gasteiger partial charge in [0.25, 0.3) is 0 Å². The smallest absolute Gasteiger partial charge is 0.194 e. The number of nitrogens with one attached hydrogen (secondary N) is 1. The van der Waals surface area contributed by atoms with Crippen LogP contribution in [0.5, 0.6) is 0 Å². The summed E-state index contributed by atoms with van der Waals surface area (Å²) in [5.41, 5.74) is 0. The minimum absolute atomic E-state index is 0.619. The van der Waals surface area contributed by atoms with Gasteiger partial charge in [-0.2, -0.15) is 0 Å². The van der Waals surface area contributed by atoms with Crippen LogP contribution in [0.15, 0.2) is 0 Å². The van der Waals surface area contributed by atoms with Crippen LogP contribution >= 0.6 is 0 Å². The first kappa shape index (κ1) is 27.5. The van der Waals surface area contributed by atoms with Gasteiger partial charge in [-0.1, -0.05) is 105 Å². The summed E-state index contributed by atoms with van der Waals surface area (Å²) < 4.78 is 0. The summed E-state index contributed by atoms with van der Waals surface area (Å²) >= 11 is 0. The van der Waals surface area contributed by atoms with Crippen LogP contribution in [0.2, 0.25) is 0 Å². The van der Waals surface area contributed by atoms with E-state index in [2.05, 4.69) is 37.5 Å². The molecule has 188 valence electrons. The second-order valence-electron chi connectivity index (χ2n) is 11.1. The molecule has 2 atom stereocenters. The summed E-state index contributed by atoms with van der Waals surface area (Å²) in [6, 6.07) is 1.24. The molecule has 2 unspecified atom stereocenters. The number of hydrogen-bond acceptors (Lipinski definition) is 1. The van der Waals surface area contributed by atoms with E-state index in [1.54, 1.807) is 0 Å². The molecule has 2 aliphatic carbocycles. The first-order valence-electron chi connectivity index (χ1n) is 14.8. The maximum Gasteiger partial charge on any atom is 0.194 e. The van der Waals surface area contributed by atoms with Crippen LogP contribution in [0.3, 0.4) is 0 Å². The summed E-state index contributed by atoms with van der Waals surface area (Å²) in [4.78, 5) is 5.26. The molecule has 0 aromatic rings. The highest BCUT2D eigenvalue weighted by Crippen LogP contribution is 2.32. The normalized spacial score (nSPS) is 20.1. The third-order valence-electron chi connectivity index (χ3n) is 8.52. The molecule has 2 rings (SSSR count). The van der Waals surface area contributed by atoms with Gasteiger partial charge in [0.2, 0.25) is 0 Å². The lowest BCUT2D eigenvalue weighted by Crippen LogP contribution is -2.56. The predicted octanol–water partition coefficient (Wildman–Crippen LogP) is 8.62. The van der Waals surface area contributed by atoms with Crippen LogP contribution in [0.25, 0.3) is 0 Å². The highest BCUT2D eigenvalue weighted by atomic mass is 15.4. The number of rotatable bonds is 14. The van der Waals surface area contributed by atoms with Gasteiger partial charge in [0, 0.05) is 25.2 Å². The molecule has 3 heteroatoms. The van der Waals surface area contributed by atoms with Crippen molar-refractivity contribution < 1.29 is 0 Å². The molecule has 0 aromatic heterocycles. The average molecular weight is 448 g/mol. The summed E-state index contributed by atoms with van der Waals surface area (Å²) in [6.45, 7) is 11.6. The number of hydrogen-bond donors (Lipinski definition) is 1. The summed E-state index contributed by atoms with van der Waals surface area (Å²) in [6.07, 6.45) is 23.9. The Balaban J connectivity index is 2.22. The Morgan fingerprint density at radius 2 is 1.09 bits per heavy atom. The van der Waals surface area contributed by atoms with Crippen molar-refractivity contribution in [2.45, 2.75) is 155 Å². The number of unbranched alkanes of at least 4 members (excludes halogenated alkanes) is 2. The molecule has 0 heterocycles. The first-order valence-corrected chi connectivity index (χ1v) is 14.8. The lowest BCUT2D eigenvalue weighted by molar-refractivity contribution is 0.125. The molecule has 0 amide bonds. The number of nitrogens with zero attached hydrogens (tertiary/aromatic N) is 2. The van der Waals surface area contributed by atoms with Gasteiger partial charge in [-0.05, 0) is 50.4 Å². The van der Waals surface area contributed by atoms with Crippen molar-refractivity contribution in [2.75, 3.05) is 13.1 Å². The lowest BCUT2D eigenvalue weighted by atomic mass is 9.88. The van der Waals surface area contributed by atoms with Gasteiger partial charge in [-0.15, -0.1) is 0 Å². The Morgan fingerprint density at radius 1 is 0.688 bits per heavy atom. The summed E-state index contributed by atoms with van der Waals surface area (Å²) in [5, 5.41) is 9.62. The third kappa shape index (κ3) is 8.90. The lowest BCUT2D eigenvalue weighted by Gasteiger charge is -2.47. The highest BCUT2D eigenvalue weighted by molar-refractivity contribution is 5.77. The van der Waals surface area contributed by atoms with Gasteiger partial charge in [0.05, 0.1) is 0 Å². The second-order valence-corrected chi connectivity index (χ2v) is 11.1. The van der Waals surface area contributed by atoms with Gasteiger partial charge >= 0.3 is 0 Å². The SMILES string of the molecule is CCCCC(CC)CN(CC(CC)CCCC)C(=N)N(C1CCCCC1)C1CCCCC1. The Kier molecular flexibility index (Phi) is 13.7. The predicted molar refractivity (Wildman–Crippen MR) is 141 cm³/mol. The van der Waals surface area contributed by atoms with Crippen LogP contribution in [0, 0.1) is 17.2 Å². The van der Waals surface area contributed by atoms with Crippen LogP contribution in [0.1, 0.15) is 143 Å². The zero-order chi connectivity index (χ0) is 23.2. The van der Waals surface area contributed by atoms with E-state index in [9.17, 15) is 5.41 Å². The molecule has 0 aromatic carbocycles. The Hall–Kier alpha value is -0.730. The molecule has 3 nitrogen and oxygen atoms in total. The van der Waals surface area contributed by atoms with E-state index in [-0.39, 0.29) is 0 Å². The van der Waals surface area contributed by atoms with E-state index in [0.29, 0.717) is 12.1 Å². The van der Waals surface area contributed by atoms with Gasteiger partial charge in [-0.3, -0.25) is 5.41 Å². The van der Waals surface area contributed by atoms with Crippen molar-refractivity contribution in [2.24, 2.45) is 11.8 Å². The summed E-state index contributed by atoms with van der Waals surface area (Å²) in [7, 11) is 0. The zero-order valence-electron chi connectivity index (χ0n) is 22.3. The van der Waals surface area contributed by atoms with Gasteiger partial charge in [0.15, 0.2) is 5.96 Å². The molecule has 2 fully saturated rings. The number of guanidine groups is 1. The van der Waals surface area contributed by atoms with Crippen LogP contribution in [0.4, 0.5) is 0 Å². The Labute approximate surface area is 201 Å². The van der Waals surface area contributed by atoms with Crippen LogP contribution < -0.4 is 0 Å². The van der Waals surface area contributed by atoms with Gasteiger partial charge in [-0.25, -0.2) is 0 Å². The minimum Gasteiger partial charge on any atom is -0.342 e. The fourth-order valence-corrected chi connectivity index (χ4v) is 6.23. The maximum atomic E-state index is 9.62. The molecule has 2 aliphatic rings. The average Bonchev–Trinajstić information content (AvgIpc) is 2.84. The molecule has 0 bridgehead atoms. The van der Waals surface area contributed by atoms with Crippen molar-refractivity contribution in [3.8, 4) is 0 Å². The van der Waals surface area contributed by atoms with Crippen molar-refractivity contribution in [1.82, 2.24) is 9.80 Å². The van der Waals surface area contributed by atoms with Crippen molar-refractivity contribution >= 4 is 5.96 Å². The van der Waals surface area contributed by atoms with Crippen molar-refractivity contribution in [1.29, 1.82) is 5.41 Å². The van der Waals surface area contributed by atoms with Crippen LogP contribution in [-0.4, -0.2) is 40.9 Å². The van der Waals surface area contributed by atoms with E-state index >= 15 is 0 Å². The monoisotopic (exact) mass is 447 g/mol. The molecule has 0 spiro atoms.